The summed E-state index contributed by atoms with van der Waals surface area (Å²) in [5, 5.41) is 3.83. The first kappa shape index (κ1) is 12.5. The molecule has 0 radical (unpaired) electrons. The molecule has 0 atom stereocenters. The number of fused-ring (bicyclic) bond motifs is 1. The van der Waals surface area contributed by atoms with Gasteiger partial charge < -0.3 is 10.3 Å². The van der Waals surface area contributed by atoms with E-state index in [4.69, 9.17) is 0 Å². The predicted molar refractivity (Wildman–Crippen MR) is 67.9 cm³/mol. The molecule has 2 N–H and O–H groups in total. The third kappa shape index (κ3) is 2.47. The average Bonchev–Trinajstić information content (AvgIpc) is 3.07. The Hall–Kier alpha value is -1.49. The number of alkyl halides is 3. The predicted octanol–water partition coefficient (Wildman–Crippen LogP) is 3.75. The maximum atomic E-state index is 13.1. The van der Waals surface area contributed by atoms with Crippen molar-refractivity contribution in [2.45, 2.75) is 38.5 Å². The lowest BCUT2D eigenvalue weighted by Gasteiger charge is -2.09. The molecule has 1 heterocycles. The van der Waals surface area contributed by atoms with Gasteiger partial charge in [0.05, 0.1) is 0 Å². The van der Waals surface area contributed by atoms with Crippen LogP contribution in [0.2, 0.25) is 0 Å². The van der Waals surface area contributed by atoms with Crippen molar-refractivity contribution in [3.05, 3.63) is 35.0 Å². The highest BCUT2D eigenvalue weighted by atomic mass is 19.4. The molecule has 1 aliphatic carbocycles. The van der Waals surface area contributed by atoms with Crippen molar-refractivity contribution in [2.24, 2.45) is 0 Å². The minimum atomic E-state index is -4.34. The molecule has 2 nitrogen and oxygen atoms in total. The molecule has 19 heavy (non-hydrogen) atoms. The maximum absolute atomic E-state index is 13.1. The zero-order chi connectivity index (χ0) is 13.6. The highest BCUT2D eigenvalue weighted by Crippen LogP contribution is 2.36. The number of H-pyrrole nitrogens is 1. The van der Waals surface area contributed by atoms with Gasteiger partial charge in [-0.3, -0.25) is 0 Å². The standard InChI is InChI=1S/C14H15F3N2/c1-8-2-5-12-10(6-8)11(7-18-9-3-4-9)13(19-12)14(15,16)17/h2,5-6,9,18-19H,3-4,7H2,1H3. The molecule has 1 aromatic heterocycles. The van der Waals surface area contributed by atoms with E-state index in [0.29, 0.717) is 22.5 Å². The molecule has 2 aromatic rings. The summed E-state index contributed by atoms with van der Waals surface area (Å²) in [5.74, 6) is 0. The minimum Gasteiger partial charge on any atom is -0.351 e. The van der Waals surface area contributed by atoms with Crippen LogP contribution in [0, 0.1) is 6.92 Å². The number of rotatable bonds is 3. The summed E-state index contributed by atoms with van der Waals surface area (Å²) in [5.41, 5.74) is 1.22. The van der Waals surface area contributed by atoms with Crippen molar-refractivity contribution in [1.29, 1.82) is 0 Å². The highest BCUT2D eigenvalue weighted by molar-refractivity contribution is 5.85. The number of aryl methyl sites for hydroxylation is 1. The van der Waals surface area contributed by atoms with E-state index >= 15 is 0 Å². The van der Waals surface area contributed by atoms with Gasteiger partial charge in [0.25, 0.3) is 0 Å². The van der Waals surface area contributed by atoms with Gasteiger partial charge in [-0.2, -0.15) is 13.2 Å². The lowest BCUT2D eigenvalue weighted by molar-refractivity contribution is -0.141. The van der Waals surface area contributed by atoms with Crippen molar-refractivity contribution in [3.8, 4) is 0 Å². The Morgan fingerprint density at radius 2 is 2.05 bits per heavy atom. The summed E-state index contributed by atoms with van der Waals surface area (Å²) in [4.78, 5) is 2.51. The van der Waals surface area contributed by atoms with Crippen LogP contribution in [0.5, 0.6) is 0 Å². The van der Waals surface area contributed by atoms with Crippen molar-refractivity contribution in [2.75, 3.05) is 0 Å². The fraction of sp³-hybridized carbons (Fsp3) is 0.429. The van der Waals surface area contributed by atoms with Gasteiger partial charge in [0.15, 0.2) is 0 Å². The van der Waals surface area contributed by atoms with E-state index in [1.165, 1.54) is 0 Å². The number of benzene rings is 1. The Kier molecular flexibility index (Phi) is 2.82. The second kappa shape index (κ2) is 4.27. The number of halogens is 3. The van der Waals surface area contributed by atoms with Crippen molar-refractivity contribution in [1.82, 2.24) is 10.3 Å². The molecule has 1 fully saturated rings. The zero-order valence-corrected chi connectivity index (χ0v) is 10.6. The average molecular weight is 268 g/mol. The van der Waals surface area contributed by atoms with E-state index in [-0.39, 0.29) is 6.54 Å². The van der Waals surface area contributed by atoms with E-state index in [2.05, 4.69) is 10.3 Å². The number of nitrogens with one attached hydrogen (secondary N) is 2. The van der Waals surface area contributed by atoms with Crippen molar-refractivity contribution >= 4 is 10.9 Å². The van der Waals surface area contributed by atoms with Gasteiger partial charge in [0.1, 0.15) is 5.69 Å². The second-order valence-electron chi connectivity index (χ2n) is 5.18. The quantitative estimate of drug-likeness (QED) is 0.871. The molecule has 1 saturated carbocycles. The third-order valence-corrected chi connectivity index (χ3v) is 3.49. The Labute approximate surface area is 109 Å². The lowest BCUT2D eigenvalue weighted by atomic mass is 10.1. The molecule has 0 bridgehead atoms. The molecular weight excluding hydrogens is 253 g/mol. The molecular formula is C14H15F3N2. The van der Waals surface area contributed by atoms with Crippen LogP contribution in [0.25, 0.3) is 10.9 Å². The topological polar surface area (TPSA) is 27.8 Å². The first-order chi connectivity index (χ1) is 8.95. The molecule has 1 aliphatic rings. The Morgan fingerprint density at radius 1 is 1.32 bits per heavy atom. The molecule has 0 spiro atoms. The first-order valence-corrected chi connectivity index (χ1v) is 6.37. The van der Waals surface area contributed by atoms with Gasteiger partial charge >= 0.3 is 6.18 Å². The summed E-state index contributed by atoms with van der Waals surface area (Å²) in [6.45, 7) is 2.15. The lowest BCUT2D eigenvalue weighted by Crippen LogP contribution is -2.18. The molecule has 0 saturated heterocycles. The molecule has 1 aromatic carbocycles. The fourth-order valence-corrected chi connectivity index (χ4v) is 2.32. The van der Waals surface area contributed by atoms with Gasteiger partial charge in [-0.25, -0.2) is 0 Å². The van der Waals surface area contributed by atoms with Gasteiger partial charge in [-0.15, -0.1) is 0 Å². The molecule has 5 heteroatoms. The SMILES string of the molecule is Cc1ccc2[nH]c(C(F)(F)F)c(CNC3CC3)c2c1. The van der Waals surface area contributed by atoms with Crippen molar-refractivity contribution in [3.63, 3.8) is 0 Å². The van der Waals surface area contributed by atoms with Crippen molar-refractivity contribution < 1.29 is 13.2 Å². The fourth-order valence-electron chi connectivity index (χ4n) is 2.32. The smallest absolute Gasteiger partial charge is 0.351 e. The van der Waals surface area contributed by atoms with Crippen LogP contribution >= 0.6 is 0 Å². The number of aromatic nitrogens is 1. The summed E-state index contributed by atoms with van der Waals surface area (Å²) in [6, 6.07) is 5.72. The molecule has 0 amide bonds. The first-order valence-electron chi connectivity index (χ1n) is 6.37. The van der Waals surface area contributed by atoms with E-state index in [1.54, 1.807) is 6.07 Å². The molecule has 0 unspecified atom stereocenters. The van der Waals surface area contributed by atoms with E-state index in [0.717, 1.165) is 18.4 Å². The van der Waals surface area contributed by atoms with Crippen LogP contribution in [0.3, 0.4) is 0 Å². The van der Waals surface area contributed by atoms with Crippen LogP contribution in [-0.4, -0.2) is 11.0 Å². The molecule has 0 aliphatic heterocycles. The van der Waals surface area contributed by atoms with Gasteiger partial charge in [0, 0.05) is 29.1 Å². The van der Waals surface area contributed by atoms with Crippen LogP contribution in [-0.2, 0) is 12.7 Å². The normalized spacial score (nSPS) is 16.2. The van der Waals surface area contributed by atoms with Gasteiger partial charge in [-0.05, 0) is 31.9 Å². The van der Waals surface area contributed by atoms with E-state index in [1.807, 2.05) is 19.1 Å². The minimum absolute atomic E-state index is 0.267. The number of hydrogen-bond acceptors (Lipinski definition) is 1. The molecule has 3 rings (SSSR count). The summed E-state index contributed by atoms with van der Waals surface area (Å²) in [7, 11) is 0. The summed E-state index contributed by atoms with van der Waals surface area (Å²) in [6.07, 6.45) is -2.22. The van der Waals surface area contributed by atoms with Crippen LogP contribution < -0.4 is 5.32 Å². The third-order valence-electron chi connectivity index (χ3n) is 3.49. The second-order valence-corrected chi connectivity index (χ2v) is 5.18. The van der Waals surface area contributed by atoms with E-state index in [9.17, 15) is 13.2 Å². The van der Waals surface area contributed by atoms with E-state index < -0.39 is 11.9 Å². The monoisotopic (exact) mass is 268 g/mol. The zero-order valence-electron chi connectivity index (χ0n) is 10.6. The summed E-state index contributed by atoms with van der Waals surface area (Å²) >= 11 is 0. The Morgan fingerprint density at radius 3 is 2.68 bits per heavy atom. The largest absolute Gasteiger partial charge is 0.431 e. The Balaban J connectivity index is 2.08. The summed E-state index contributed by atoms with van der Waals surface area (Å²) < 4.78 is 39.2. The molecule has 102 valence electrons. The van der Waals surface area contributed by atoms with Crippen LogP contribution in [0.4, 0.5) is 13.2 Å². The maximum Gasteiger partial charge on any atom is 0.431 e. The van der Waals surface area contributed by atoms with Crippen LogP contribution in [0.15, 0.2) is 18.2 Å². The highest BCUT2D eigenvalue weighted by Gasteiger charge is 2.36. The Bertz CT molecular complexity index is 609. The number of aromatic amines is 1. The van der Waals surface area contributed by atoms with Crippen LogP contribution in [0.1, 0.15) is 29.7 Å². The number of hydrogen-bond donors (Lipinski definition) is 2. The van der Waals surface area contributed by atoms with Gasteiger partial charge in [-0.1, -0.05) is 11.6 Å². The van der Waals surface area contributed by atoms with Gasteiger partial charge in [0.2, 0.25) is 0 Å².